The zero-order valence-corrected chi connectivity index (χ0v) is 12.4. The Morgan fingerprint density at radius 3 is 2.50 bits per heavy atom. The Labute approximate surface area is 120 Å². The van der Waals surface area contributed by atoms with E-state index < -0.39 is 0 Å². The minimum atomic E-state index is -0.161. The minimum Gasteiger partial charge on any atom is -0.316 e. The molecule has 0 fully saturated rings. The molecule has 0 bridgehead atoms. The van der Waals surface area contributed by atoms with E-state index in [0.717, 1.165) is 18.4 Å². The quantitative estimate of drug-likeness (QED) is 0.872. The molecule has 0 amide bonds. The van der Waals surface area contributed by atoms with Crippen LogP contribution in [0.4, 0.5) is 4.39 Å². The molecule has 1 unspecified atom stereocenters. The zero-order chi connectivity index (χ0) is 14.5. The van der Waals surface area contributed by atoms with Crippen LogP contribution in [0, 0.1) is 19.7 Å². The molecule has 0 radical (unpaired) electrons. The van der Waals surface area contributed by atoms with Crippen LogP contribution >= 0.6 is 0 Å². The Balaban J connectivity index is 2.09. The van der Waals surface area contributed by atoms with Gasteiger partial charge >= 0.3 is 0 Å². The lowest BCUT2D eigenvalue weighted by molar-refractivity contribution is 0.553. The summed E-state index contributed by atoms with van der Waals surface area (Å²) in [7, 11) is 1.99. The van der Waals surface area contributed by atoms with Crippen molar-refractivity contribution in [1.29, 1.82) is 0 Å². The third-order valence-electron chi connectivity index (χ3n) is 3.74. The Bertz CT molecular complexity index is 577. The van der Waals surface area contributed by atoms with E-state index in [2.05, 4.69) is 36.5 Å². The molecule has 0 aliphatic heterocycles. The zero-order valence-electron chi connectivity index (χ0n) is 12.4. The van der Waals surface area contributed by atoms with Gasteiger partial charge in [-0.3, -0.25) is 0 Å². The number of benzene rings is 2. The average molecular weight is 271 g/mol. The van der Waals surface area contributed by atoms with Gasteiger partial charge in [-0.15, -0.1) is 0 Å². The van der Waals surface area contributed by atoms with Gasteiger partial charge in [0, 0.05) is 6.04 Å². The summed E-state index contributed by atoms with van der Waals surface area (Å²) in [5, 5.41) is 3.37. The van der Waals surface area contributed by atoms with E-state index in [1.165, 1.54) is 16.7 Å². The largest absolute Gasteiger partial charge is 0.316 e. The molecule has 0 aliphatic rings. The van der Waals surface area contributed by atoms with Crippen LogP contribution in [0.2, 0.25) is 0 Å². The smallest absolute Gasteiger partial charge is 0.123 e. The van der Waals surface area contributed by atoms with Crippen molar-refractivity contribution in [3.8, 4) is 0 Å². The van der Waals surface area contributed by atoms with Crippen molar-refractivity contribution in [3.63, 3.8) is 0 Å². The lowest BCUT2D eigenvalue weighted by Crippen LogP contribution is -2.30. The molecular weight excluding hydrogens is 249 g/mol. The molecule has 2 heteroatoms. The van der Waals surface area contributed by atoms with Gasteiger partial charge in [-0.2, -0.15) is 0 Å². The molecule has 1 nitrogen and oxygen atoms in total. The third kappa shape index (κ3) is 3.91. The van der Waals surface area contributed by atoms with Crippen LogP contribution < -0.4 is 5.32 Å². The number of aryl methyl sites for hydroxylation is 2. The molecule has 106 valence electrons. The monoisotopic (exact) mass is 271 g/mol. The summed E-state index contributed by atoms with van der Waals surface area (Å²) in [6.07, 6.45) is 1.89. The van der Waals surface area contributed by atoms with Gasteiger partial charge < -0.3 is 5.32 Å². The summed E-state index contributed by atoms with van der Waals surface area (Å²) in [5.41, 5.74) is 4.85. The number of rotatable bonds is 5. The fraction of sp³-hybridized carbons (Fsp3) is 0.333. The third-order valence-corrected chi connectivity index (χ3v) is 3.74. The highest BCUT2D eigenvalue weighted by molar-refractivity contribution is 5.28. The van der Waals surface area contributed by atoms with E-state index in [0.29, 0.717) is 6.04 Å². The van der Waals surface area contributed by atoms with Gasteiger partial charge in [0.2, 0.25) is 0 Å². The van der Waals surface area contributed by atoms with Crippen molar-refractivity contribution in [2.45, 2.75) is 32.7 Å². The van der Waals surface area contributed by atoms with E-state index in [-0.39, 0.29) is 5.82 Å². The van der Waals surface area contributed by atoms with Crippen LogP contribution in [-0.4, -0.2) is 13.1 Å². The van der Waals surface area contributed by atoms with Crippen molar-refractivity contribution in [2.24, 2.45) is 0 Å². The first-order valence-electron chi connectivity index (χ1n) is 7.06. The van der Waals surface area contributed by atoms with Gasteiger partial charge in [0.15, 0.2) is 0 Å². The van der Waals surface area contributed by atoms with Crippen LogP contribution in [0.1, 0.15) is 22.3 Å². The summed E-state index contributed by atoms with van der Waals surface area (Å²) in [6.45, 7) is 4.08. The van der Waals surface area contributed by atoms with Gasteiger partial charge in [-0.25, -0.2) is 4.39 Å². The standard InChI is InChI=1S/C18H22FN/c1-13-5-4-6-15(9-13)11-18(20-3)12-16-7-8-17(19)10-14(16)2/h4-10,18,20H,11-12H2,1-3H3. The first-order chi connectivity index (χ1) is 9.58. The van der Waals surface area contributed by atoms with Gasteiger partial charge in [-0.05, 0) is 62.6 Å². The number of hydrogen-bond acceptors (Lipinski definition) is 1. The molecule has 1 atom stereocenters. The fourth-order valence-electron chi connectivity index (χ4n) is 2.55. The summed E-state index contributed by atoms with van der Waals surface area (Å²) in [6, 6.07) is 14.0. The molecule has 0 saturated carbocycles. The maximum atomic E-state index is 13.1. The van der Waals surface area contributed by atoms with E-state index in [1.807, 2.05) is 20.0 Å². The highest BCUT2D eigenvalue weighted by atomic mass is 19.1. The second-order valence-corrected chi connectivity index (χ2v) is 5.45. The van der Waals surface area contributed by atoms with Crippen molar-refractivity contribution in [1.82, 2.24) is 5.32 Å². The first-order valence-corrected chi connectivity index (χ1v) is 7.06. The van der Waals surface area contributed by atoms with Crippen molar-refractivity contribution < 1.29 is 4.39 Å². The topological polar surface area (TPSA) is 12.0 Å². The van der Waals surface area contributed by atoms with Gasteiger partial charge in [0.05, 0.1) is 0 Å². The molecule has 2 aromatic rings. The molecule has 2 aromatic carbocycles. The van der Waals surface area contributed by atoms with Crippen LogP contribution in [0.3, 0.4) is 0 Å². The number of halogens is 1. The molecule has 0 spiro atoms. The molecule has 1 N–H and O–H groups in total. The molecule has 20 heavy (non-hydrogen) atoms. The fourth-order valence-corrected chi connectivity index (χ4v) is 2.55. The second-order valence-electron chi connectivity index (χ2n) is 5.45. The maximum absolute atomic E-state index is 13.1. The Hall–Kier alpha value is -1.67. The summed E-state index contributed by atoms with van der Waals surface area (Å²) >= 11 is 0. The van der Waals surface area contributed by atoms with E-state index in [9.17, 15) is 4.39 Å². The van der Waals surface area contributed by atoms with Crippen LogP contribution in [-0.2, 0) is 12.8 Å². The van der Waals surface area contributed by atoms with E-state index in [1.54, 1.807) is 12.1 Å². The maximum Gasteiger partial charge on any atom is 0.123 e. The Morgan fingerprint density at radius 2 is 1.85 bits per heavy atom. The molecule has 0 aliphatic carbocycles. The van der Waals surface area contributed by atoms with E-state index in [4.69, 9.17) is 0 Å². The van der Waals surface area contributed by atoms with Crippen molar-refractivity contribution >= 4 is 0 Å². The molecule has 0 saturated heterocycles. The predicted octanol–water partition coefficient (Wildman–Crippen LogP) is 3.82. The number of likely N-dealkylation sites (N-methyl/N-ethyl adjacent to an activating group) is 1. The van der Waals surface area contributed by atoms with Crippen molar-refractivity contribution in [3.05, 3.63) is 70.5 Å². The summed E-state index contributed by atoms with van der Waals surface area (Å²) < 4.78 is 13.1. The number of hydrogen-bond donors (Lipinski definition) is 1. The molecule has 0 heterocycles. The van der Waals surface area contributed by atoms with Crippen LogP contribution in [0.25, 0.3) is 0 Å². The lowest BCUT2D eigenvalue weighted by Gasteiger charge is -2.18. The van der Waals surface area contributed by atoms with Crippen molar-refractivity contribution in [2.75, 3.05) is 7.05 Å². The SMILES string of the molecule is CNC(Cc1cccc(C)c1)Cc1ccc(F)cc1C. The van der Waals surface area contributed by atoms with Gasteiger partial charge in [-0.1, -0.05) is 35.9 Å². The Morgan fingerprint density at radius 1 is 1.05 bits per heavy atom. The van der Waals surface area contributed by atoms with Gasteiger partial charge in [0.25, 0.3) is 0 Å². The second kappa shape index (κ2) is 6.67. The average Bonchev–Trinajstić information content (AvgIpc) is 2.41. The van der Waals surface area contributed by atoms with E-state index >= 15 is 0 Å². The summed E-state index contributed by atoms with van der Waals surface area (Å²) in [4.78, 5) is 0. The molecule has 2 rings (SSSR count). The highest BCUT2D eigenvalue weighted by Crippen LogP contribution is 2.15. The lowest BCUT2D eigenvalue weighted by atomic mass is 9.96. The highest BCUT2D eigenvalue weighted by Gasteiger charge is 2.10. The van der Waals surface area contributed by atoms with Crippen LogP contribution in [0.15, 0.2) is 42.5 Å². The van der Waals surface area contributed by atoms with Crippen LogP contribution in [0.5, 0.6) is 0 Å². The molecular formula is C18H22FN. The number of nitrogens with one attached hydrogen (secondary N) is 1. The summed E-state index contributed by atoms with van der Waals surface area (Å²) in [5.74, 6) is -0.161. The van der Waals surface area contributed by atoms with Gasteiger partial charge in [0.1, 0.15) is 5.82 Å². The normalized spacial score (nSPS) is 12.4. The predicted molar refractivity (Wildman–Crippen MR) is 82.6 cm³/mol. The minimum absolute atomic E-state index is 0.161. The molecule has 0 aromatic heterocycles. The Kier molecular flexibility index (Phi) is 4.91. The first kappa shape index (κ1) is 14.7.